The summed E-state index contributed by atoms with van der Waals surface area (Å²) < 4.78 is 50.1. The Morgan fingerprint density at radius 1 is 1.23 bits per heavy atom. The predicted molar refractivity (Wildman–Crippen MR) is 69.8 cm³/mol. The van der Waals surface area contributed by atoms with Gasteiger partial charge in [0.15, 0.2) is 5.78 Å². The number of hydrogen-bond donors (Lipinski definition) is 0. The molecule has 2 rings (SSSR count). The molecule has 1 aliphatic carbocycles. The van der Waals surface area contributed by atoms with E-state index in [1.54, 1.807) is 0 Å². The molecular formula is C15H13F3O4. The van der Waals surface area contributed by atoms with Crippen LogP contribution in [0.1, 0.15) is 12.0 Å². The number of ether oxygens (including phenoxy) is 2. The third-order valence-electron chi connectivity index (χ3n) is 3.33. The highest BCUT2D eigenvalue weighted by atomic mass is 19.4. The summed E-state index contributed by atoms with van der Waals surface area (Å²) in [7, 11) is 0.789. The summed E-state index contributed by atoms with van der Waals surface area (Å²) in [6.07, 6.45) is -3.78. The molecule has 2 atom stereocenters. The molecular weight excluding hydrogens is 301 g/mol. The van der Waals surface area contributed by atoms with Gasteiger partial charge in [0, 0.05) is 12.7 Å². The Balaban J connectivity index is 2.38. The first-order valence-corrected chi connectivity index (χ1v) is 6.41. The lowest BCUT2D eigenvalue weighted by Crippen LogP contribution is -2.52. The molecule has 0 fully saturated rings. The van der Waals surface area contributed by atoms with Gasteiger partial charge in [-0.1, -0.05) is 30.3 Å². The Labute approximate surface area is 124 Å². The number of halogens is 3. The van der Waals surface area contributed by atoms with E-state index in [1.807, 2.05) is 0 Å². The summed E-state index contributed by atoms with van der Waals surface area (Å²) in [5.41, 5.74) is -3.61. The normalized spacial score (nSPS) is 20.7. The second-order valence-corrected chi connectivity index (χ2v) is 4.72. The van der Waals surface area contributed by atoms with E-state index in [1.165, 1.54) is 30.4 Å². The van der Waals surface area contributed by atoms with Gasteiger partial charge in [-0.05, 0) is 12.2 Å². The molecule has 0 aliphatic heterocycles. The second-order valence-electron chi connectivity index (χ2n) is 4.72. The van der Waals surface area contributed by atoms with Crippen molar-refractivity contribution in [2.75, 3.05) is 7.11 Å². The fourth-order valence-corrected chi connectivity index (χ4v) is 2.24. The second kappa shape index (κ2) is 5.92. The largest absolute Gasteiger partial charge is 0.455 e. The third kappa shape index (κ3) is 2.76. The van der Waals surface area contributed by atoms with Crippen molar-refractivity contribution in [1.82, 2.24) is 0 Å². The zero-order valence-corrected chi connectivity index (χ0v) is 11.6. The number of alkyl halides is 3. The van der Waals surface area contributed by atoms with Crippen LogP contribution in [-0.4, -0.2) is 31.1 Å². The lowest BCUT2D eigenvalue weighted by molar-refractivity contribution is -0.277. The highest BCUT2D eigenvalue weighted by Gasteiger charge is 2.64. The van der Waals surface area contributed by atoms with E-state index in [4.69, 9.17) is 4.74 Å². The molecule has 1 aromatic carbocycles. The number of carbonyl (C=O) groups excluding carboxylic acids is 2. The van der Waals surface area contributed by atoms with Crippen LogP contribution in [0.2, 0.25) is 0 Å². The first kappa shape index (κ1) is 16.2. The fraction of sp³-hybridized carbons (Fsp3) is 0.333. The predicted octanol–water partition coefficient (Wildman–Crippen LogP) is 2.53. The number of benzene rings is 1. The van der Waals surface area contributed by atoms with Gasteiger partial charge in [-0.15, -0.1) is 0 Å². The fourth-order valence-electron chi connectivity index (χ4n) is 2.24. The number of methoxy groups -OCH3 is 1. The van der Waals surface area contributed by atoms with Crippen molar-refractivity contribution in [3.8, 4) is 0 Å². The zero-order valence-electron chi connectivity index (χ0n) is 11.6. The summed E-state index contributed by atoms with van der Waals surface area (Å²) in [6, 6.07) is 6.51. The van der Waals surface area contributed by atoms with Crippen molar-refractivity contribution >= 4 is 11.8 Å². The van der Waals surface area contributed by atoms with Crippen molar-refractivity contribution in [2.24, 2.45) is 0 Å². The average Bonchev–Trinajstić information content (AvgIpc) is 2.85. The van der Waals surface area contributed by atoms with Crippen LogP contribution in [0, 0.1) is 0 Å². The van der Waals surface area contributed by atoms with Gasteiger partial charge in [-0.25, -0.2) is 4.79 Å². The van der Waals surface area contributed by atoms with E-state index in [0.29, 0.717) is 0 Å². The van der Waals surface area contributed by atoms with Crippen molar-refractivity contribution in [3.63, 3.8) is 0 Å². The van der Waals surface area contributed by atoms with E-state index in [9.17, 15) is 22.8 Å². The number of carbonyl (C=O) groups is 2. The van der Waals surface area contributed by atoms with Gasteiger partial charge in [0.1, 0.15) is 6.10 Å². The molecule has 4 nitrogen and oxygen atoms in total. The quantitative estimate of drug-likeness (QED) is 0.802. The van der Waals surface area contributed by atoms with E-state index in [0.717, 1.165) is 19.2 Å². The number of rotatable bonds is 4. The minimum Gasteiger partial charge on any atom is -0.455 e. The lowest BCUT2D eigenvalue weighted by Gasteiger charge is -2.33. The Morgan fingerprint density at radius 3 is 2.32 bits per heavy atom. The molecule has 0 saturated heterocycles. The van der Waals surface area contributed by atoms with Gasteiger partial charge in [-0.2, -0.15) is 13.2 Å². The first-order chi connectivity index (χ1) is 10.3. The van der Waals surface area contributed by atoms with Gasteiger partial charge in [-0.3, -0.25) is 4.79 Å². The molecule has 1 unspecified atom stereocenters. The molecule has 1 aliphatic rings. The molecule has 0 saturated carbocycles. The number of allylic oxidation sites excluding steroid dienone is 1. The Hall–Kier alpha value is -2.15. The van der Waals surface area contributed by atoms with Crippen LogP contribution in [0.15, 0.2) is 42.5 Å². The minimum atomic E-state index is -5.02. The van der Waals surface area contributed by atoms with Crippen LogP contribution < -0.4 is 0 Å². The Bertz CT molecular complexity index is 595. The number of ketones is 1. The average molecular weight is 314 g/mol. The smallest absolute Gasteiger partial charge is 0.432 e. The molecule has 0 heterocycles. The minimum absolute atomic E-state index is 0.168. The Kier molecular flexibility index (Phi) is 4.37. The van der Waals surface area contributed by atoms with Crippen molar-refractivity contribution in [3.05, 3.63) is 48.0 Å². The molecule has 0 bridgehead atoms. The topological polar surface area (TPSA) is 52.6 Å². The first-order valence-electron chi connectivity index (χ1n) is 6.41. The van der Waals surface area contributed by atoms with Crippen molar-refractivity contribution < 1.29 is 32.2 Å². The maximum Gasteiger partial charge on any atom is 0.432 e. The van der Waals surface area contributed by atoms with Crippen LogP contribution in [0.3, 0.4) is 0 Å². The number of hydrogen-bond acceptors (Lipinski definition) is 4. The third-order valence-corrected chi connectivity index (χ3v) is 3.33. The van der Waals surface area contributed by atoms with Crippen LogP contribution in [0.25, 0.3) is 0 Å². The highest BCUT2D eigenvalue weighted by Crippen LogP contribution is 2.43. The van der Waals surface area contributed by atoms with Crippen LogP contribution in [-0.2, 0) is 24.7 Å². The van der Waals surface area contributed by atoms with Gasteiger partial charge in [0.2, 0.25) is 0 Å². The van der Waals surface area contributed by atoms with E-state index in [2.05, 4.69) is 4.74 Å². The monoisotopic (exact) mass is 314 g/mol. The molecule has 0 amide bonds. The summed E-state index contributed by atoms with van der Waals surface area (Å²) in [6.45, 7) is 0. The van der Waals surface area contributed by atoms with Gasteiger partial charge in [0.05, 0.1) is 6.42 Å². The maximum absolute atomic E-state index is 13.6. The molecule has 22 heavy (non-hydrogen) atoms. The highest BCUT2D eigenvalue weighted by molar-refractivity contribution is 5.93. The van der Waals surface area contributed by atoms with E-state index in [-0.39, 0.29) is 17.8 Å². The molecule has 1 aromatic rings. The molecule has 7 heteroatoms. The SMILES string of the molecule is CO[C@](C(=O)OC1C=CC(=O)C1)(c1ccccc1)C(F)(F)F. The van der Waals surface area contributed by atoms with Crippen LogP contribution in [0.4, 0.5) is 13.2 Å². The lowest BCUT2D eigenvalue weighted by atomic mass is 9.92. The molecule has 0 N–H and O–H groups in total. The summed E-state index contributed by atoms with van der Waals surface area (Å²) in [5.74, 6) is -1.91. The van der Waals surface area contributed by atoms with Crippen LogP contribution in [0.5, 0.6) is 0 Å². The molecule has 118 valence electrons. The zero-order chi connectivity index (χ0) is 16.4. The summed E-state index contributed by atoms with van der Waals surface area (Å²) in [5, 5.41) is 0. The van der Waals surface area contributed by atoms with E-state index >= 15 is 0 Å². The molecule has 0 spiro atoms. The summed E-state index contributed by atoms with van der Waals surface area (Å²) >= 11 is 0. The van der Waals surface area contributed by atoms with Crippen molar-refractivity contribution in [1.29, 1.82) is 0 Å². The molecule has 0 radical (unpaired) electrons. The Morgan fingerprint density at radius 2 is 1.86 bits per heavy atom. The molecule has 0 aromatic heterocycles. The number of esters is 1. The maximum atomic E-state index is 13.6. The van der Waals surface area contributed by atoms with Gasteiger partial charge in [0.25, 0.3) is 5.60 Å². The van der Waals surface area contributed by atoms with Gasteiger partial charge >= 0.3 is 12.1 Å². The van der Waals surface area contributed by atoms with Crippen LogP contribution >= 0.6 is 0 Å². The van der Waals surface area contributed by atoms with Gasteiger partial charge < -0.3 is 9.47 Å². The standard InChI is InChI=1S/C15H13F3O4/c1-21-14(15(16,17)18,10-5-3-2-4-6-10)13(20)22-12-8-7-11(19)9-12/h2-8,12H,9H2,1H3/t12?,14-/m0/s1. The van der Waals surface area contributed by atoms with E-state index < -0.39 is 23.9 Å². The van der Waals surface area contributed by atoms with Crippen molar-refractivity contribution in [2.45, 2.75) is 24.3 Å². The summed E-state index contributed by atoms with van der Waals surface area (Å²) in [4.78, 5) is 23.3.